The summed E-state index contributed by atoms with van der Waals surface area (Å²) in [5, 5.41) is 6.46. The maximum Gasteiger partial charge on any atom is 0.222 e. The van der Waals surface area contributed by atoms with Crippen LogP contribution in [0.5, 0.6) is 0 Å². The van der Waals surface area contributed by atoms with Gasteiger partial charge in [0.15, 0.2) is 0 Å². The first-order chi connectivity index (χ1) is 10.8. The van der Waals surface area contributed by atoms with Crippen molar-refractivity contribution in [3.8, 4) is 0 Å². The fourth-order valence-corrected chi connectivity index (χ4v) is 2.49. The Morgan fingerprint density at radius 3 is 2.17 bits per heavy atom. The molecule has 0 aliphatic rings. The molecular formula is C18H27ClN2O2. The molecule has 128 valence electrons. The summed E-state index contributed by atoms with van der Waals surface area (Å²) in [5.41, 5.74) is 0.870. The first kappa shape index (κ1) is 19.5. The third-order valence-corrected chi connectivity index (χ3v) is 3.88. The van der Waals surface area contributed by atoms with Crippen molar-refractivity contribution in [2.75, 3.05) is 0 Å². The third kappa shape index (κ3) is 8.03. The number of hydrogen-bond donors (Lipinski definition) is 2. The van der Waals surface area contributed by atoms with Crippen molar-refractivity contribution >= 4 is 23.4 Å². The molecule has 0 saturated heterocycles. The van der Waals surface area contributed by atoms with Gasteiger partial charge in [-0.3, -0.25) is 9.59 Å². The second kappa shape index (κ2) is 9.56. The van der Waals surface area contributed by atoms with Crippen molar-refractivity contribution in [1.29, 1.82) is 0 Å². The summed E-state index contributed by atoms with van der Waals surface area (Å²) in [6.07, 6.45) is 2.25. The van der Waals surface area contributed by atoms with Crippen LogP contribution in [0.1, 0.15) is 58.6 Å². The molecule has 0 radical (unpaired) electrons. The summed E-state index contributed by atoms with van der Waals surface area (Å²) in [5.74, 6) is 0.399. The molecule has 0 saturated carbocycles. The van der Waals surface area contributed by atoms with E-state index in [2.05, 4.69) is 24.5 Å². The normalized spacial score (nSPS) is 13.5. The van der Waals surface area contributed by atoms with Gasteiger partial charge in [-0.05, 0) is 43.4 Å². The van der Waals surface area contributed by atoms with Crippen LogP contribution in [-0.4, -0.2) is 17.9 Å². The number of halogens is 1. The molecule has 2 amide bonds. The molecule has 2 atom stereocenters. The Bertz CT molecular complexity index is 514. The molecular weight excluding hydrogens is 312 g/mol. The molecule has 0 fully saturated rings. The molecule has 1 rings (SSSR count). The summed E-state index contributed by atoms with van der Waals surface area (Å²) in [6, 6.07) is 6.97. The van der Waals surface area contributed by atoms with E-state index >= 15 is 0 Å². The Kier molecular flexibility index (Phi) is 8.10. The van der Waals surface area contributed by atoms with Crippen molar-refractivity contribution in [3.05, 3.63) is 34.9 Å². The van der Waals surface area contributed by atoms with E-state index in [4.69, 9.17) is 11.6 Å². The lowest BCUT2D eigenvalue weighted by molar-refractivity contribution is -0.123. The van der Waals surface area contributed by atoms with Crippen LogP contribution >= 0.6 is 11.6 Å². The molecule has 1 aromatic rings. The van der Waals surface area contributed by atoms with Gasteiger partial charge in [0.05, 0.1) is 12.5 Å². The van der Waals surface area contributed by atoms with Crippen LogP contribution in [0.3, 0.4) is 0 Å². The lowest BCUT2D eigenvalue weighted by Gasteiger charge is -2.20. The van der Waals surface area contributed by atoms with E-state index in [-0.39, 0.29) is 30.3 Å². The molecule has 4 nitrogen and oxygen atoms in total. The van der Waals surface area contributed by atoms with Crippen LogP contribution in [-0.2, 0) is 9.59 Å². The Hall–Kier alpha value is -1.55. The molecule has 2 N–H and O–H groups in total. The first-order valence-corrected chi connectivity index (χ1v) is 8.47. The van der Waals surface area contributed by atoms with Gasteiger partial charge in [-0.1, -0.05) is 37.6 Å². The Morgan fingerprint density at radius 2 is 1.65 bits per heavy atom. The van der Waals surface area contributed by atoms with Gasteiger partial charge < -0.3 is 10.6 Å². The van der Waals surface area contributed by atoms with Crippen LogP contribution in [0.25, 0.3) is 0 Å². The van der Waals surface area contributed by atoms with Crippen molar-refractivity contribution in [2.24, 2.45) is 5.92 Å². The number of hydrogen-bond acceptors (Lipinski definition) is 2. The van der Waals surface area contributed by atoms with Gasteiger partial charge in [-0.15, -0.1) is 0 Å². The SMILES string of the molecule is CC(=O)NC(CC(=O)NC(C)CCC(C)C)c1ccc(Cl)cc1. The monoisotopic (exact) mass is 338 g/mol. The second-order valence-corrected chi connectivity index (χ2v) is 6.88. The van der Waals surface area contributed by atoms with Crippen molar-refractivity contribution in [1.82, 2.24) is 10.6 Å². The Labute approximate surface area is 144 Å². The summed E-state index contributed by atoms with van der Waals surface area (Å²) < 4.78 is 0. The van der Waals surface area contributed by atoms with Gasteiger partial charge in [0, 0.05) is 18.0 Å². The van der Waals surface area contributed by atoms with E-state index in [0.717, 1.165) is 18.4 Å². The van der Waals surface area contributed by atoms with Crippen molar-refractivity contribution in [2.45, 2.75) is 59.0 Å². The van der Waals surface area contributed by atoms with E-state index in [9.17, 15) is 9.59 Å². The standard InChI is InChI=1S/C18H27ClN2O2/c1-12(2)5-6-13(3)20-18(23)11-17(21-14(4)22)15-7-9-16(19)10-8-15/h7-10,12-13,17H,5-6,11H2,1-4H3,(H,20,23)(H,21,22). The zero-order valence-corrected chi connectivity index (χ0v) is 15.1. The number of carbonyl (C=O) groups excluding carboxylic acids is 2. The minimum absolute atomic E-state index is 0.0602. The van der Waals surface area contributed by atoms with Crippen molar-refractivity contribution < 1.29 is 9.59 Å². The quantitative estimate of drug-likeness (QED) is 0.756. The van der Waals surface area contributed by atoms with Crippen molar-refractivity contribution in [3.63, 3.8) is 0 Å². The topological polar surface area (TPSA) is 58.2 Å². The van der Waals surface area contributed by atoms with Gasteiger partial charge in [-0.2, -0.15) is 0 Å². The molecule has 23 heavy (non-hydrogen) atoms. The smallest absolute Gasteiger partial charge is 0.222 e. The number of nitrogens with one attached hydrogen (secondary N) is 2. The van der Waals surface area contributed by atoms with Gasteiger partial charge in [0.25, 0.3) is 0 Å². The average molecular weight is 339 g/mol. The largest absolute Gasteiger partial charge is 0.354 e. The Balaban J connectivity index is 2.64. The summed E-state index contributed by atoms with van der Waals surface area (Å²) in [6.45, 7) is 7.80. The van der Waals surface area contributed by atoms with Gasteiger partial charge in [-0.25, -0.2) is 0 Å². The van der Waals surface area contributed by atoms with Gasteiger partial charge in [0.1, 0.15) is 0 Å². The number of carbonyl (C=O) groups is 2. The fraction of sp³-hybridized carbons (Fsp3) is 0.556. The predicted molar refractivity (Wildman–Crippen MR) is 94.3 cm³/mol. The zero-order chi connectivity index (χ0) is 17.4. The average Bonchev–Trinajstić information content (AvgIpc) is 2.44. The van der Waals surface area contributed by atoms with E-state index in [0.29, 0.717) is 10.9 Å². The lowest BCUT2D eigenvalue weighted by Crippen LogP contribution is -2.36. The minimum Gasteiger partial charge on any atom is -0.354 e. The number of amides is 2. The maximum absolute atomic E-state index is 12.2. The molecule has 5 heteroatoms. The molecule has 0 aromatic heterocycles. The molecule has 0 spiro atoms. The minimum atomic E-state index is -0.345. The van der Waals surface area contributed by atoms with E-state index < -0.39 is 0 Å². The number of rotatable bonds is 8. The maximum atomic E-state index is 12.2. The number of benzene rings is 1. The molecule has 1 aromatic carbocycles. The van der Waals surface area contributed by atoms with Crippen LogP contribution in [0.15, 0.2) is 24.3 Å². The molecule has 0 heterocycles. The van der Waals surface area contributed by atoms with Gasteiger partial charge >= 0.3 is 0 Å². The third-order valence-electron chi connectivity index (χ3n) is 3.62. The molecule has 0 aliphatic heterocycles. The first-order valence-electron chi connectivity index (χ1n) is 8.09. The summed E-state index contributed by atoms with van der Waals surface area (Å²) in [4.78, 5) is 23.6. The van der Waals surface area contributed by atoms with Crippen LogP contribution in [0, 0.1) is 5.92 Å². The van der Waals surface area contributed by atoms with E-state index in [1.165, 1.54) is 6.92 Å². The van der Waals surface area contributed by atoms with Crippen LogP contribution in [0.4, 0.5) is 0 Å². The highest BCUT2D eigenvalue weighted by Crippen LogP contribution is 2.19. The molecule has 0 bridgehead atoms. The van der Waals surface area contributed by atoms with E-state index in [1.807, 2.05) is 19.1 Å². The highest BCUT2D eigenvalue weighted by atomic mass is 35.5. The summed E-state index contributed by atoms with van der Waals surface area (Å²) >= 11 is 5.89. The van der Waals surface area contributed by atoms with Crippen LogP contribution < -0.4 is 10.6 Å². The highest BCUT2D eigenvalue weighted by molar-refractivity contribution is 6.30. The van der Waals surface area contributed by atoms with Gasteiger partial charge in [0.2, 0.25) is 11.8 Å². The zero-order valence-electron chi connectivity index (χ0n) is 14.4. The Morgan fingerprint density at radius 1 is 1.04 bits per heavy atom. The highest BCUT2D eigenvalue weighted by Gasteiger charge is 2.18. The van der Waals surface area contributed by atoms with Crippen LogP contribution in [0.2, 0.25) is 5.02 Å². The predicted octanol–water partition coefficient (Wildman–Crippen LogP) is 3.85. The second-order valence-electron chi connectivity index (χ2n) is 6.45. The molecule has 2 unspecified atom stereocenters. The molecule has 0 aliphatic carbocycles. The fourth-order valence-electron chi connectivity index (χ4n) is 2.37. The summed E-state index contributed by atoms with van der Waals surface area (Å²) in [7, 11) is 0. The lowest BCUT2D eigenvalue weighted by atomic mass is 10.0. The van der Waals surface area contributed by atoms with E-state index in [1.54, 1.807) is 12.1 Å².